The second-order valence-electron chi connectivity index (χ2n) is 5.78. The molecule has 2 aromatic rings. The van der Waals surface area contributed by atoms with Crippen molar-refractivity contribution in [1.29, 1.82) is 0 Å². The van der Waals surface area contributed by atoms with Crippen LogP contribution in [0.5, 0.6) is 0 Å². The molecule has 2 rings (SSSR count). The average molecular weight is 441 g/mol. The number of anilines is 1. The Bertz CT molecular complexity index is 996. The Kier molecular flexibility index (Phi) is 7.40. The minimum absolute atomic E-state index is 0.00927. The second kappa shape index (κ2) is 9.78. The van der Waals surface area contributed by atoms with Crippen LogP contribution in [0.15, 0.2) is 42.2 Å². The zero-order chi connectivity index (χ0) is 23.2. The Morgan fingerprint density at radius 3 is 2.29 bits per heavy atom. The van der Waals surface area contributed by atoms with Gasteiger partial charge >= 0.3 is 24.1 Å². The number of esters is 3. The minimum Gasteiger partial charge on any atom is -0.466 e. The molecule has 0 aliphatic heterocycles. The molecule has 0 saturated carbocycles. The number of nitrogens with one attached hydrogen (secondary N) is 1. The molecular formula is C19H18F3N3O6. The quantitative estimate of drug-likeness (QED) is 0.397. The predicted octanol–water partition coefficient (Wildman–Crippen LogP) is 2.71. The molecule has 0 radical (unpaired) electrons. The molecule has 166 valence electrons. The summed E-state index contributed by atoms with van der Waals surface area (Å²) in [5, 5.41) is 6.29. The van der Waals surface area contributed by atoms with Gasteiger partial charge in [0.1, 0.15) is 11.3 Å². The molecule has 12 heteroatoms. The summed E-state index contributed by atoms with van der Waals surface area (Å²) in [5.41, 5.74) is -2.00. The highest BCUT2D eigenvalue weighted by atomic mass is 19.4. The van der Waals surface area contributed by atoms with Crippen LogP contribution in [0.1, 0.15) is 23.0 Å². The van der Waals surface area contributed by atoms with E-state index in [1.54, 1.807) is 0 Å². The maximum absolute atomic E-state index is 13.6. The summed E-state index contributed by atoms with van der Waals surface area (Å²) >= 11 is 0. The fourth-order valence-corrected chi connectivity index (χ4v) is 2.45. The van der Waals surface area contributed by atoms with Crippen LogP contribution < -0.4 is 5.32 Å². The number of halogens is 3. The zero-order valence-corrected chi connectivity index (χ0v) is 16.6. The lowest BCUT2D eigenvalue weighted by Gasteiger charge is -2.13. The molecule has 0 fully saturated rings. The van der Waals surface area contributed by atoms with Gasteiger partial charge in [-0.2, -0.15) is 18.3 Å². The van der Waals surface area contributed by atoms with Gasteiger partial charge in [-0.15, -0.1) is 0 Å². The van der Waals surface area contributed by atoms with E-state index in [1.807, 2.05) is 0 Å². The molecule has 1 aromatic heterocycles. The molecule has 0 aliphatic rings. The molecular weight excluding hydrogens is 423 g/mol. The lowest BCUT2D eigenvalue weighted by molar-refractivity contribution is -0.143. The van der Waals surface area contributed by atoms with Crippen molar-refractivity contribution in [1.82, 2.24) is 9.78 Å². The number of carbonyl (C=O) groups is 3. The summed E-state index contributed by atoms with van der Waals surface area (Å²) in [6.07, 6.45) is -3.24. The summed E-state index contributed by atoms with van der Waals surface area (Å²) < 4.78 is 55.0. The maximum atomic E-state index is 13.6. The largest absolute Gasteiger partial charge is 0.466 e. The zero-order valence-electron chi connectivity index (χ0n) is 16.6. The monoisotopic (exact) mass is 441 g/mol. The Hall–Kier alpha value is -3.83. The third-order valence-electron chi connectivity index (χ3n) is 3.79. The number of methoxy groups -OCH3 is 2. The van der Waals surface area contributed by atoms with E-state index in [0.717, 1.165) is 26.5 Å². The Morgan fingerprint density at radius 2 is 1.77 bits per heavy atom. The number of benzene rings is 1. The molecule has 0 aliphatic carbocycles. The first-order valence-corrected chi connectivity index (χ1v) is 8.70. The normalized spacial score (nSPS) is 11.6. The molecule has 0 bridgehead atoms. The molecule has 0 unspecified atom stereocenters. The van der Waals surface area contributed by atoms with Crippen LogP contribution in [0.25, 0.3) is 5.69 Å². The van der Waals surface area contributed by atoms with Crippen molar-refractivity contribution in [3.05, 3.63) is 53.5 Å². The van der Waals surface area contributed by atoms with Crippen molar-refractivity contribution in [2.24, 2.45) is 0 Å². The van der Waals surface area contributed by atoms with Crippen molar-refractivity contribution in [3.63, 3.8) is 0 Å². The third-order valence-corrected chi connectivity index (χ3v) is 3.79. The highest BCUT2D eigenvalue weighted by Gasteiger charge is 2.41. The standard InChI is InChI=1S/C19H18F3N3O6/c1-4-31-17(27)13-10-23-25(16(13)19(20,21)22)12-7-5-11(6-8-12)24-14(18(28)30-3)9-15(26)29-2/h5-10,24H,4H2,1-3H3/b14-9+. The van der Waals surface area contributed by atoms with E-state index in [-0.39, 0.29) is 23.7 Å². The highest BCUT2D eigenvalue weighted by molar-refractivity contribution is 5.98. The van der Waals surface area contributed by atoms with Crippen molar-refractivity contribution < 1.29 is 41.8 Å². The Morgan fingerprint density at radius 1 is 1.13 bits per heavy atom. The van der Waals surface area contributed by atoms with E-state index in [1.165, 1.54) is 31.2 Å². The summed E-state index contributed by atoms with van der Waals surface area (Å²) in [6, 6.07) is 5.23. The number of aromatic nitrogens is 2. The lowest BCUT2D eigenvalue weighted by atomic mass is 10.2. The van der Waals surface area contributed by atoms with E-state index in [4.69, 9.17) is 0 Å². The van der Waals surface area contributed by atoms with Crippen molar-refractivity contribution in [3.8, 4) is 5.69 Å². The van der Waals surface area contributed by atoms with E-state index in [2.05, 4.69) is 24.6 Å². The highest BCUT2D eigenvalue weighted by Crippen LogP contribution is 2.34. The molecule has 0 amide bonds. The molecule has 31 heavy (non-hydrogen) atoms. The van der Waals surface area contributed by atoms with E-state index < -0.39 is 35.3 Å². The van der Waals surface area contributed by atoms with Gasteiger partial charge in [0.2, 0.25) is 0 Å². The van der Waals surface area contributed by atoms with Crippen molar-refractivity contribution in [2.75, 3.05) is 26.1 Å². The van der Waals surface area contributed by atoms with E-state index in [0.29, 0.717) is 4.68 Å². The topological polar surface area (TPSA) is 109 Å². The molecule has 9 nitrogen and oxygen atoms in total. The number of rotatable bonds is 7. The molecule has 0 atom stereocenters. The predicted molar refractivity (Wildman–Crippen MR) is 100 cm³/mol. The van der Waals surface area contributed by atoms with Crippen molar-refractivity contribution >= 4 is 23.6 Å². The van der Waals surface area contributed by atoms with E-state index >= 15 is 0 Å². The van der Waals surface area contributed by atoms with Gasteiger partial charge < -0.3 is 19.5 Å². The van der Waals surface area contributed by atoms with Crippen LogP contribution in [-0.4, -0.2) is 48.5 Å². The van der Waals surface area contributed by atoms with Crippen LogP contribution in [0.2, 0.25) is 0 Å². The van der Waals surface area contributed by atoms with Gasteiger partial charge in [-0.1, -0.05) is 0 Å². The number of nitrogens with zero attached hydrogens (tertiary/aromatic N) is 2. The van der Waals surface area contributed by atoms with Gasteiger partial charge in [-0.05, 0) is 31.2 Å². The number of carbonyl (C=O) groups excluding carboxylic acids is 3. The van der Waals surface area contributed by atoms with Gasteiger partial charge in [-0.3, -0.25) is 0 Å². The van der Waals surface area contributed by atoms with Gasteiger partial charge in [-0.25, -0.2) is 19.1 Å². The molecule has 1 N–H and O–H groups in total. The molecule has 1 heterocycles. The first-order chi connectivity index (χ1) is 14.6. The fraction of sp³-hybridized carbons (Fsp3) is 0.263. The fourth-order valence-electron chi connectivity index (χ4n) is 2.45. The molecule has 0 spiro atoms. The number of hydrogen-bond donors (Lipinski definition) is 1. The first kappa shape index (κ1) is 23.4. The molecule has 1 aromatic carbocycles. The van der Waals surface area contributed by atoms with Gasteiger partial charge in [0, 0.05) is 5.69 Å². The van der Waals surface area contributed by atoms with Gasteiger partial charge in [0.05, 0.1) is 38.8 Å². The van der Waals surface area contributed by atoms with Crippen LogP contribution in [-0.2, 0) is 30.0 Å². The first-order valence-electron chi connectivity index (χ1n) is 8.70. The summed E-state index contributed by atoms with van der Waals surface area (Å²) in [5.74, 6) is -2.82. The second-order valence-corrected chi connectivity index (χ2v) is 5.78. The van der Waals surface area contributed by atoms with Crippen LogP contribution >= 0.6 is 0 Å². The number of hydrogen-bond acceptors (Lipinski definition) is 8. The van der Waals surface area contributed by atoms with Crippen LogP contribution in [0, 0.1) is 0 Å². The third kappa shape index (κ3) is 5.62. The SMILES string of the molecule is CCOC(=O)c1cnn(-c2ccc(N/C(=C/C(=O)OC)C(=O)OC)cc2)c1C(F)(F)F. The van der Waals surface area contributed by atoms with Crippen molar-refractivity contribution in [2.45, 2.75) is 13.1 Å². The Labute approximate surface area is 174 Å². The van der Waals surface area contributed by atoms with Crippen LogP contribution in [0.3, 0.4) is 0 Å². The lowest BCUT2D eigenvalue weighted by Crippen LogP contribution is -2.18. The maximum Gasteiger partial charge on any atom is 0.434 e. The van der Waals surface area contributed by atoms with Gasteiger partial charge in [0.15, 0.2) is 5.69 Å². The van der Waals surface area contributed by atoms with Crippen LogP contribution in [0.4, 0.5) is 18.9 Å². The minimum atomic E-state index is -4.88. The summed E-state index contributed by atoms with van der Waals surface area (Å²) in [6.45, 7) is 1.38. The Balaban J connectivity index is 2.39. The van der Waals surface area contributed by atoms with Gasteiger partial charge in [0.25, 0.3) is 0 Å². The number of ether oxygens (including phenoxy) is 3. The summed E-state index contributed by atoms with van der Waals surface area (Å²) in [4.78, 5) is 35.1. The summed E-state index contributed by atoms with van der Waals surface area (Å²) in [7, 11) is 2.23. The smallest absolute Gasteiger partial charge is 0.434 e. The number of alkyl halides is 3. The average Bonchev–Trinajstić information content (AvgIpc) is 3.19. The van der Waals surface area contributed by atoms with E-state index in [9.17, 15) is 27.6 Å². The molecule has 0 saturated heterocycles.